The maximum absolute atomic E-state index is 6.03. The third-order valence-corrected chi connectivity index (χ3v) is 3.25. The highest BCUT2D eigenvalue weighted by Crippen LogP contribution is 2.28. The van der Waals surface area contributed by atoms with Crippen molar-refractivity contribution in [3.05, 3.63) is 36.0 Å². The minimum absolute atomic E-state index is 0.0576. The van der Waals surface area contributed by atoms with Crippen LogP contribution in [0.1, 0.15) is 26.3 Å². The van der Waals surface area contributed by atoms with E-state index in [0.717, 1.165) is 22.6 Å². The van der Waals surface area contributed by atoms with Crippen molar-refractivity contribution >= 4 is 11.6 Å². The molecule has 0 spiro atoms. The minimum atomic E-state index is -0.0576. The number of rotatable bonds is 3. The standard InChI is InChI=1S/C15H19ClN2O/c1-15(2,3)18-10-12(9-16)14(17-18)11-6-5-7-13(8-11)19-4/h5-8,10H,9H2,1-4H3. The second-order valence-corrected chi connectivity index (χ2v) is 5.75. The van der Waals surface area contributed by atoms with Gasteiger partial charge in [-0.1, -0.05) is 12.1 Å². The van der Waals surface area contributed by atoms with Crippen LogP contribution < -0.4 is 4.74 Å². The Morgan fingerprint density at radius 1 is 1.32 bits per heavy atom. The Morgan fingerprint density at radius 2 is 2.05 bits per heavy atom. The molecule has 0 aliphatic rings. The van der Waals surface area contributed by atoms with Crippen molar-refractivity contribution < 1.29 is 4.74 Å². The van der Waals surface area contributed by atoms with Crippen LogP contribution in [0.5, 0.6) is 5.75 Å². The summed E-state index contributed by atoms with van der Waals surface area (Å²) in [5.41, 5.74) is 2.92. The first-order valence-corrected chi connectivity index (χ1v) is 6.78. The van der Waals surface area contributed by atoms with Crippen molar-refractivity contribution in [1.82, 2.24) is 9.78 Å². The van der Waals surface area contributed by atoms with Crippen LogP contribution in [0.25, 0.3) is 11.3 Å². The molecule has 0 N–H and O–H groups in total. The topological polar surface area (TPSA) is 27.1 Å². The molecule has 2 aromatic rings. The van der Waals surface area contributed by atoms with Gasteiger partial charge in [-0.15, -0.1) is 11.6 Å². The number of nitrogens with zero attached hydrogens (tertiary/aromatic N) is 2. The van der Waals surface area contributed by atoms with Crippen LogP contribution in [0.3, 0.4) is 0 Å². The van der Waals surface area contributed by atoms with E-state index in [1.807, 2.05) is 35.1 Å². The molecule has 0 radical (unpaired) electrons. The zero-order valence-electron chi connectivity index (χ0n) is 11.8. The quantitative estimate of drug-likeness (QED) is 0.792. The molecule has 102 valence electrons. The number of alkyl halides is 1. The lowest BCUT2D eigenvalue weighted by molar-refractivity contribution is 0.356. The fraction of sp³-hybridized carbons (Fsp3) is 0.400. The number of hydrogen-bond acceptors (Lipinski definition) is 2. The smallest absolute Gasteiger partial charge is 0.119 e. The molecule has 4 heteroatoms. The molecule has 0 bridgehead atoms. The lowest BCUT2D eigenvalue weighted by Crippen LogP contribution is -2.22. The number of ether oxygens (including phenoxy) is 1. The van der Waals surface area contributed by atoms with Crippen LogP contribution in [-0.2, 0) is 11.4 Å². The summed E-state index contributed by atoms with van der Waals surface area (Å²) in [6.45, 7) is 6.36. The van der Waals surface area contributed by atoms with E-state index in [9.17, 15) is 0 Å². The highest BCUT2D eigenvalue weighted by Gasteiger charge is 2.18. The van der Waals surface area contributed by atoms with Crippen LogP contribution in [0.4, 0.5) is 0 Å². The van der Waals surface area contributed by atoms with E-state index in [2.05, 4.69) is 25.9 Å². The van der Waals surface area contributed by atoms with Gasteiger partial charge < -0.3 is 4.74 Å². The molecule has 0 fully saturated rings. The van der Waals surface area contributed by atoms with E-state index in [4.69, 9.17) is 16.3 Å². The van der Waals surface area contributed by atoms with Gasteiger partial charge in [0, 0.05) is 17.3 Å². The second kappa shape index (κ2) is 5.25. The fourth-order valence-corrected chi connectivity index (χ4v) is 2.06. The largest absolute Gasteiger partial charge is 0.497 e. The summed E-state index contributed by atoms with van der Waals surface area (Å²) >= 11 is 6.03. The van der Waals surface area contributed by atoms with Crippen molar-refractivity contribution in [1.29, 1.82) is 0 Å². The molecule has 0 aliphatic carbocycles. The second-order valence-electron chi connectivity index (χ2n) is 5.48. The summed E-state index contributed by atoms with van der Waals surface area (Å²) in [7, 11) is 1.66. The van der Waals surface area contributed by atoms with Crippen molar-refractivity contribution in [2.24, 2.45) is 0 Å². The van der Waals surface area contributed by atoms with Gasteiger partial charge in [-0.2, -0.15) is 5.10 Å². The van der Waals surface area contributed by atoms with E-state index >= 15 is 0 Å². The molecule has 0 saturated heterocycles. The summed E-state index contributed by atoms with van der Waals surface area (Å²) in [5.74, 6) is 1.27. The molecule has 0 unspecified atom stereocenters. The first-order chi connectivity index (χ1) is 8.95. The Hall–Kier alpha value is -1.48. The van der Waals surface area contributed by atoms with E-state index in [1.165, 1.54) is 0 Å². The zero-order chi connectivity index (χ0) is 14.0. The highest BCUT2D eigenvalue weighted by molar-refractivity contribution is 6.17. The number of aromatic nitrogens is 2. The minimum Gasteiger partial charge on any atom is -0.497 e. The van der Waals surface area contributed by atoms with Crippen molar-refractivity contribution in [2.45, 2.75) is 32.2 Å². The predicted molar refractivity (Wildman–Crippen MR) is 78.8 cm³/mol. The summed E-state index contributed by atoms with van der Waals surface area (Å²) in [5, 5.41) is 4.67. The van der Waals surface area contributed by atoms with Gasteiger partial charge in [0.05, 0.1) is 24.2 Å². The van der Waals surface area contributed by atoms with Crippen LogP contribution in [0, 0.1) is 0 Å². The monoisotopic (exact) mass is 278 g/mol. The fourth-order valence-electron chi connectivity index (χ4n) is 1.86. The van der Waals surface area contributed by atoms with Crippen LogP contribution in [-0.4, -0.2) is 16.9 Å². The van der Waals surface area contributed by atoms with Gasteiger partial charge >= 0.3 is 0 Å². The van der Waals surface area contributed by atoms with Gasteiger partial charge in [0.2, 0.25) is 0 Å². The average molecular weight is 279 g/mol. The number of halogens is 1. The maximum Gasteiger partial charge on any atom is 0.119 e. The number of benzene rings is 1. The summed E-state index contributed by atoms with van der Waals surface area (Å²) in [6.07, 6.45) is 2.02. The molecule has 1 aromatic carbocycles. The average Bonchev–Trinajstić information content (AvgIpc) is 2.83. The SMILES string of the molecule is COc1cccc(-c2nn(C(C)(C)C)cc2CCl)c1. The highest BCUT2D eigenvalue weighted by atomic mass is 35.5. The van der Waals surface area contributed by atoms with Crippen molar-refractivity contribution in [3.8, 4) is 17.0 Å². The number of methoxy groups -OCH3 is 1. The third-order valence-electron chi connectivity index (χ3n) is 2.96. The van der Waals surface area contributed by atoms with Gasteiger partial charge in [0.25, 0.3) is 0 Å². The van der Waals surface area contributed by atoms with Gasteiger partial charge in [-0.3, -0.25) is 4.68 Å². The van der Waals surface area contributed by atoms with Gasteiger partial charge in [-0.05, 0) is 32.9 Å². The van der Waals surface area contributed by atoms with Crippen LogP contribution in [0.15, 0.2) is 30.5 Å². The summed E-state index contributed by atoms with van der Waals surface area (Å²) in [4.78, 5) is 0. The molecule has 3 nitrogen and oxygen atoms in total. The third kappa shape index (κ3) is 2.92. The summed E-state index contributed by atoms with van der Waals surface area (Å²) in [6, 6.07) is 7.88. The predicted octanol–water partition coefficient (Wildman–Crippen LogP) is 4.05. The Kier molecular flexibility index (Phi) is 3.85. The molecule has 1 heterocycles. The van der Waals surface area contributed by atoms with Crippen molar-refractivity contribution in [2.75, 3.05) is 7.11 Å². The Balaban J connectivity index is 2.51. The Bertz CT molecular complexity index is 570. The van der Waals surface area contributed by atoms with Crippen LogP contribution in [0.2, 0.25) is 0 Å². The maximum atomic E-state index is 6.03. The van der Waals surface area contributed by atoms with Crippen LogP contribution >= 0.6 is 11.6 Å². The van der Waals surface area contributed by atoms with E-state index < -0.39 is 0 Å². The molecule has 1 aromatic heterocycles. The van der Waals surface area contributed by atoms with Gasteiger partial charge in [0.1, 0.15) is 5.75 Å². The molecular formula is C15H19ClN2O. The first-order valence-electron chi connectivity index (χ1n) is 6.25. The molecule has 0 saturated carbocycles. The van der Waals surface area contributed by atoms with Crippen molar-refractivity contribution in [3.63, 3.8) is 0 Å². The normalized spacial score (nSPS) is 11.6. The molecule has 2 rings (SSSR count). The Labute approximate surface area is 119 Å². The number of hydrogen-bond donors (Lipinski definition) is 0. The zero-order valence-corrected chi connectivity index (χ0v) is 12.5. The van der Waals surface area contributed by atoms with E-state index in [-0.39, 0.29) is 5.54 Å². The molecule has 0 amide bonds. The molecule has 0 aliphatic heterocycles. The van der Waals surface area contributed by atoms with E-state index in [1.54, 1.807) is 7.11 Å². The molecule has 19 heavy (non-hydrogen) atoms. The lowest BCUT2D eigenvalue weighted by Gasteiger charge is -2.18. The lowest BCUT2D eigenvalue weighted by atomic mass is 10.1. The Morgan fingerprint density at radius 3 is 2.63 bits per heavy atom. The van der Waals surface area contributed by atoms with Gasteiger partial charge in [0.15, 0.2) is 0 Å². The van der Waals surface area contributed by atoms with Gasteiger partial charge in [-0.25, -0.2) is 0 Å². The van der Waals surface area contributed by atoms with E-state index in [0.29, 0.717) is 5.88 Å². The molecule has 0 atom stereocenters. The first kappa shape index (κ1) is 13.9. The molecular weight excluding hydrogens is 260 g/mol. The summed E-state index contributed by atoms with van der Waals surface area (Å²) < 4.78 is 7.21.